The van der Waals surface area contributed by atoms with Crippen LogP contribution >= 0.6 is 0 Å². The van der Waals surface area contributed by atoms with Crippen molar-refractivity contribution >= 4 is 34.5 Å². The first-order valence-corrected chi connectivity index (χ1v) is 11.3. The summed E-state index contributed by atoms with van der Waals surface area (Å²) < 4.78 is 33.5. The zero-order valence-electron chi connectivity index (χ0n) is 18.0. The number of fused-ring (bicyclic) bond motifs is 1. The maximum Gasteiger partial charge on any atom is 0.264 e. The molecule has 0 saturated carbocycles. The number of amides is 3. The summed E-state index contributed by atoms with van der Waals surface area (Å²) in [6.45, 7) is 1.34. The molecule has 3 amide bonds. The molecule has 0 spiro atoms. The molecule has 2 aromatic rings. The van der Waals surface area contributed by atoms with E-state index in [0.29, 0.717) is 23.7 Å². The number of hydrogen-bond donors (Lipinski definition) is 2. The molecule has 2 unspecified atom stereocenters. The zero-order chi connectivity index (χ0) is 24.1. The summed E-state index contributed by atoms with van der Waals surface area (Å²) in [5, 5.41) is 11.4. The third-order valence-corrected chi connectivity index (χ3v) is 5.67. The van der Waals surface area contributed by atoms with Gasteiger partial charge in [0.1, 0.15) is 6.61 Å². The molecular formula is C22H23N2O8S-. The van der Waals surface area contributed by atoms with Crippen LogP contribution in [0.3, 0.4) is 0 Å². The molecule has 2 atom stereocenters. The maximum absolute atomic E-state index is 13.4. The van der Waals surface area contributed by atoms with E-state index in [1.165, 1.54) is 25.3 Å². The normalized spacial score (nSPS) is 14.6. The highest BCUT2D eigenvalue weighted by atomic mass is 32.2. The molecule has 1 aliphatic rings. The van der Waals surface area contributed by atoms with Gasteiger partial charge in [-0.3, -0.25) is 23.5 Å². The predicted molar refractivity (Wildman–Crippen MR) is 118 cm³/mol. The molecule has 0 aromatic heterocycles. The van der Waals surface area contributed by atoms with E-state index in [2.05, 4.69) is 5.32 Å². The van der Waals surface area contributed by atoms with Crippen molar-refractivity contribution in [1.82, 2.24) is 4.90 Å². The van der Waals surface area contributed by atoms with E-state index in [0.717, 1.165) is 4.90 Å². The number of imide groups is 1. The van der Waals surface area contributed by atoms with Gasteiger partial charge in [-0.2, -0.15) is 0 Å². The van der Waals surface area contributed by atoms with Gasteiger partial charge in [0, 0.05) is 5.75 Å². The second kappa shape index (κ2) is 10.6. The van der Waals surface area contributed by atoms with Gasteiger partial charge in [0.15, 0.2) is 11.5 Å². The number of ether oxygens (including phenoxy) is 2. The summed E-state index contributed by atoms with van der Waals surface area (Å²) in [7, 11) is 1.47. The molecule has 3 rings (SSSR count). The van der Waals surface area contributed by atoms with Crippen molar-refractivity contribution in [2.75, 3.05) is 31.4 Å². The number of rotatable bonds is 10. The highest BCUT2D eigenvalue weighted by Gasteiger charge is 2.42. The van der Waals surface area contributed by atoms with Gasteiger partial charge >= 0.3 is 0 Å². The molecule has 176 valence electrons. The highest BCUT2D eigenvalue weighted by Crippen LogP contribution is 2.39. The number of benzene rings is 2. The predicted octanol–water partition coefficient (Wildman–Crippen LogP) is 1.63. The summed E-state index contributed by atoms with van der Waals surface area (Å²) in [6, 6.07) is 8.35. The lowest BCUT2D eigenvalue weighted by Gasteiger charge is -2.28. The van der Waals surface area contributed by atoms with Gasteiger partial charge in [-0.15, -0.1) is 0 Å². The van der Waals surface area contributed by atoms with Crippen LogP contribution in [0.4, 0.5) is 5.69 Å². The van der Waals surface area contributed by atoms with Gasteiger partial charge in [0.2, 0.25) is 5.91 Å². The largest absolute Gasteiger partial charge is 0.772 e. The maximum atomic E-state index is 13.4. The first-order chi connectivity index (χ1) is 15.8. The molecule has 0 saturated heterocycles. The summed E-state index contributed by atoms with van der Waals surface area (Å²) in [5.74, 6) is -1.49. The average molecular weight is 475 g/mol. The topological polar surface area (TPSA) is 145 Å². The summed E-state index contributed by atoms with van der Waals surface area (Å²) in [5.41, 5.74) is 0.627. The first-order valence-electron chi connectivity index (χ1n) is 10.1. The lowest BCUT2D eigenvalue weighted by Crippen LogP contribution is -2.35. The lowest BCUT2D eigenvalue weighted by atomic mass is 10.0. The van der Waals surface area contributed by atoms with Gasteiger partial charge in [0.05, 0.1) is 36.6 Å². The molecule has 10 nitrogen and oxygen atoms in total. The van der Waals surface area contributed by atoms with Crippen LogP contribution in [0.5, 0.6) is 11.5 Å². The van der Waals surface area contributed by atoms with Gasteiger partial charge < -0.3 is 24.4 Å². The average Bonchev–Trinajstić information content (AvgIpc) is 3.05. The Balaban J connectivity index is 2.06. The molecule has 0 aliphatic carbocycles. The van der Waals surface area contributed by atoms with E-state index in [-0.39, 0.29) is 29.0 Å². The number of carbonyl (C=O) groups excluding carboxylic acids is 3. The summed E-state index contributed by atoms with van der Waals surface area (Å²) >= 11 is -2.40. The van der Waals surface area contributed by atoms with Crippen molar-refractivity contribution in [1.29, 1.82) is 0 Å². The Morgan fingerprint density at radius 1 is 1.21 bits per heavy atom. The standard InChI is InChI=1S/C22H24N2O8S/c1-3-32-18-11-13(7-8-17(18)31-2)16(9-10-33(29)30)24-21(27)14-5-4-6-15(20(14)22(24)28)23-19(26)12-25/h4-8,11,16,25H,3,9-10,12H2,1-2H3,(H,23,26)(H,29,30)/p-1. The van der Waals surface area contributed by atoms with Crippen LogP contribution < -0.4 is 14.8 Å². The Kier molecular flexibility index (Phi) is 7.79. The fourth-order valence-electron chi connectivity index (χ4n) is 3.70. The van der Waals surface area contributed by atoms with Crippen molar-refractivity contribution in [3.63, 3.8) is 0 Å². The molecule has 11 heteroatoms. The molecule has 33 heavy (non-hydrogen) atoms. The Bertz CT molecular complexity index is 1100. The van der Waals surface area contributed by atoms with Crippen molar-refractivity contribution < 1.29 is 37.7 Å². The number of anilines is 1. The minimum absolute atomic E-state index is 0.0175. The molecule has 0 radical (unpaired) electrons. The van der Waals surface area contributed by atoms with Crippen LogP contribution in [0.25, 0.3) is 0 Å². The quantitative estimate of drug-likeness (QED) is 0.390. The minimum Gasteiger partial charge on any atom is -0.772 e. The van der Waals surface area contributed by atoms with Gasteiger partial charge in [-0.25, -0.2) is 0 Å². The Hall–Kier alpha value is -3.28. The molecule has 2 N–H and O–H groups in total. The van der Waals surface area contributed by atoms with Gasteiger partial charge in [-0.05, 0) is 43.2 Å². The van der Waals surface area contributed by atoms with Crippen molar-refractivity contribution in [3.05, 3.63) is 53.1 Å². The fraction of sp³-hybridized carbons (Fsp3) is 0.318. The third-order valence-electron chi connectivity index (χ3n) is 5.11. The number of aliphatic hydroxyl groups is 1. The van der Waals surface area contributed by atoms with Crippen LogP contribution in [0.1, 0.15) is 45.7 Å². The van der Waals surface area contributed by atoms with Crippen LogP contribution in [-0.4, -0.2) is 62.6 Å². The van der Waals surface area contributed by atoms with Crippen LogP contribution in [0.15, 0.2) is 36.4 Å². The number of nitrogens with one attached hydrogen (secondary N) is 1. The van der Waals surface area contributed by atoms with E-state index in [9.17, 15) is 23.1 Å². The summed E-state index contributed by atoms with van der Waals surface area (Å²) in [6.07, 6.45) is -0.0438. The molecule has 2 aromatic carbocycles. The zero-order valence-corrected chi connectivity index (χ0v) is 18.8. The Labute approximate surface area is 192 Å². The van der Waals surface area contributed by atoms with E-state index in [4.69, 9.17) is 14.6 Å². The monoisotopic (exact) mass is 475 g/mol. The van der Waals surface area contributed by atoms with E-state index in [1.807, 2.05) is 0 Å². The number of methoxy groups -OCH3 is 1. The number of aliphatic hydroxyl groups excluding tert-OH is 1. The van der Waals surface area contributed by atoms with E-state index < -0.39 is 41.5 Å². The number of nitrogens with zero attached hydrogens (tertiary/aromatic N) is 1. The van der Waals surface area contributed by atoms with Crippen LogP contribution in [0.2, 0.25) is 0 Å². The van der Waals surface area contributed by atoms with Crippen LogP contribution in [0, 0.1) is 0 Å². The SMILES string of the molecule is CCOc1cc(C(CCS(=O)[O-])N2C(=O)c3cccc(NC(=O)CO)c3C2=O)ccc1OC. The van der Waals surface area contributed by atoms with Crippen molar-refractivity contribution in [2.24, 2.45) is 0 Å². The van der Waals surface area contributed by atoms with Gasteiger partial charge in [-0.1, -0.05) is 23.2 Å². The lowest BCUT2D eigenvalue weighted by molar-refractivity contribution is -0.118. The second-order valence-electron chi connectivity index (χ2n) is 7.07. The number of hydrogen-bond acceptors (Lipinski definition) is 8. The molecule has 0 fully saturated rings. The second-order valence-corrected chi connectivity index (χ2v) is 8.09. The smallest absolute Gasteiger partial charge is 0.264 e. The third kappa shape index (κ3) is 5.05. The Morgan fingerprint density at radius 2 is 1.97 bits per heavy atom. The Morgan fingerprint density at radius 3 is 2.61 bits per heavy atom. The fourth-order valence-corrected chi connectivity index (χ4v) is 4.12. The first kappa shape index (κ1) is 24.4. The van der Waals surface area contributed by atoms with Crippen LogP contribution in [-0.2, 0) is 15.9 Å². The molecular weight excluding hydrogens is 452 g/mol. The van der Waals surface area contributed by atoms with Crippen molar-refractivity contribution in [3.8, 4) is 11.5 Å². The summed E-state index contributed by atoms with van der Waals surface area (Å²) in [4.78, 5) is 39.3. The van der Waals surface area contributed by atoms with Crippen molar-refractivity contribution in [2.45, 2.75) is 19.4 Å². The number of carbonyl (C=O) groups is 3. The van der Waals surface area contributed by atoms with E-state index in [1.54, 1.807) is 25.1 Å². The molecule has 1 aliphatic heterocycles. The van der Waals surface area contributed by atoms with E-state index >= 15 is 0 Å². The molecule has 1 heterocycles. The minimum atomic E-state index is -2.40. The molecule has 0 bridgehead atoms. The highest BCUT2D eigenvalue weighted by molar-refractivity contribution is 7.79. The van der Waals surface area contributed by atoms with Gasteiger partial charge in [0.25, 0.3) is 11.8 Å².